The number of likely N-dealkylation sites (N-methyl/N-ethyl adjacent to an activating group) is 1. The van der Waals surface area contributed by atoms with E-state index in [1.807, 2.05) is 20.8 Å². The van der Waals surface area contributed by atoms with E-state index in [2.05, 4.69) is 10.1 Å². The van der Waals surface area contributed by atoms with E-state index in [1.54, 1.807) is 11.9 Å². The lowest BCUT2D eigenvalue weighted by Gasteiger charge is -2.26. The third-order valence-corrected chi connectivity index (χ3v) is 2.33. The zero-order valence-corrected chi connectivity index (χ0v) is 10.7. The maximum absolute atomic E-state index is 12.0. The molecule has 0 heterocycles. The second kappa shape index (κ2) is 7.09. The van der Waals surface area contributed by atoms with Crippen molar-refractivity contribution < 1.29 is 14.3 Å². The van der Waals surface area contributed by atoms with Crippen molar-refractivity contribution in [3.8, 4) is 0 Å². The van der Waals surface area contributed by atoms with Crippen LogP contribution < -0.4 is 5.32 Å². The second-order valence-electron chi connectivity index (χ2n) is 4.12. The van der Waals surface area contributed by atoms with Gasteiger partial charge in [0.25, 0.3) is 0 Å². The third-order valence-electron chi connectivity index (χ3n) is 2.33. The van der Waals surface area contributed by atoms with Gasteiger partial charge in [0, 0.05) is 13.6 Å². The highest BCUT2D eigenvalue weighted by molar-refractivity contribution is 5.85. The molecule has 0 aliphatic heterocycles. The molecule has 1 N–H and O–H groups in total. The monoisotopic (exact) mass is 230 g/mol. The average Bonchev–Trinajstić information content (AvgIpc) is 2.24. The largest absolute Gasteiger partial charge is 0.453 e. The van der Waals surface area contributed by atoms with Crippen molar-refractivity contribution in [3.05, 3.63) is 0 Å². The number of nitrogens with zero attached hydrogens (tertiary/aromatic N) is 1. The topological polar surface area (TPSA) is 58.6 Å². The number of rotatable bonds is 5. The fraction of sp³-hybridized carbons (Fsp3) is 0.818. The Morgan fingerprint density at radius 1 is 1.38 bits per heavy atom. The molecule has 0 spiro atoms. The first kappa shape index (κ1) is 14.7. The minimum atomic E-state index is -0.572. The summed E-state index contributed by atoms with van der Waals surface area (Å²) >= 11 is 0. The summed E-state index contributed by atoms with van der Waals surface area (Å²) in [7, 11) is 3.02. The summed E-state index contributed by atoms with van der Waals surface area (Å²) in [5, 5.41) is 2.55. The quantitative estimate of drug-likeness (QED) is 0.773. The van der Waals surface area contributed by atoms with Gasteiger partial charge in [0.15, 0.2) is 0 Å². The summed E-state index contributed by atoms with van der Waals surface area (Å²) in [6.07, 6.45) is 0.322. The van der Waals surface area contributed by atoms with Crippen molar-refractivity contribution in [2.75, 3.05) is 20.7 Å². The van der Waals surface area contributed by atoms with Crippen LogP contribution in [0.1, 0.15) is 27.2 Å². The molecule has 94 valence electrons. The maximum Gasteiger partial charge on any atom is 0.407 e. The van der Waals surface area contributed by atoms with Gasteiger partial charge in [-0.25, -0.2) is 4.79 Å². The Balaban J connectivity index is 4.52. The number of methoxy groups -OCH3 is 1. The highest BCUT2D eigenvalue weighted by Crippen LogP contribution is 2.06. The van der Waals surface area contributed by atoms with Gasteiger partial charge in [-0.1, -0.05) is 20.8 Å². The number of hydrogen-bond acceptors (Lipinski definition) is 3. The first-order valence-electron chi connectivity index (χ1n) is 5.53. The highest BCUT2D eigenvalue weighted by Gasteiger charge is 2.26. The lowest BCUT2D eigenvalue weighted by Crippen LogP contribution is -2.50. The highest BCUT2D eigenvalue weighted by atomic mass is 16.5. The molecule has 0 aliphatic rings. The fourth-order valence-electron chi connectivity index (χ4n) is 1.38. The third kappa shape index (κ3) is 4.51. The van der Waals surface area contributed by atoms with Crippen LogP contribution in [0.15, 0.2) is 0 Å². The summed E-state index contributed by atoms with van der Waals surface area (Å²) in [6, 6.07) is -0.524. The van der Waals surface area contributed by atoms with Crippen molar-refractivity contribution in [1.29, 1.82) is 0 Å². The summed E-state index contributed by atoms with van der Waals surface area (Å²) < 4.78 is 4.50. The predicted octanol–water partition coefficient (Wildman–Crippen LogP) is 1.24. The lowest BCUT2D eigenvalue weighted by molar-refractivity contribution is -0.133. The minimum Gasteiger partial charge on any atom is -0.453 e. The van der Waals surface area contributed by atoms with E-state index in [4.69, 9.17) is 0 Å². The SMILES string of the molecule is CCCN(C)C(=O)C(NC(=O)OC)C(C)C. The van der Waals surface area contributed by atoms with Crippen molar-refractivity contribution in [2.24, 2.45) is 5.92 Å². The molecule has 5 heteroatoms. The molecule has 0 saturated carbocycles. The Kier molecular flexibility index (Phi) is 6.53. The van der Waals surface area contributed by atoms with E-state index >= 15 is 0 Å². The molecule has 2 amide bonds. The zero-order chi connectivity index (χ0) is 12.7. The lowest BCUT2D eigenvalue weighted by atomic mass is 10.0. The fourth-order valence-corrected chi connectivity index (χ4v) is 1.38. The van der Waals surface area contributed by atoms with Gasteiger partial charge in [-0.3, -0.25) is 4.79 Å². The number of amides is 2. The molecule has 0 bridgehead atoms. The van der Waals surface area contributed by atoms with Crippen molar-refractivity contribution >= 4 is 12.0 Å². The summed E-state index contributed by atoms with van der Waals surface area (Å²) in [5.74, 6) is -0.0480. The molecule has 16 heavy (non-hydrogen) atoms. The number of alkyl carbamates (subject to hydrolysis) is 1. The van der Waals surface area contributed by atoms with Gasteiger partial charge in [-0.05, 0) is 12.3 Å². The van der Waals surface area contributed by atoms with Gasteiger partial charge in [0.05, 0.1) is 7.11 Å². The van der Waals surface area contributed by atoms with E-state index in [0.717, 1.165) is 6.42 Å². The minimum absolute atomic E-state index is 0.0332. The predicted molar refractivity (Wildman–Crippen MR) is 62.1 cm³/mol. The molecule has 0 radical (unpaired) electrons. The van der Waals surface area contributed by atoms with Gasteiger partial charge < -0.3 is 15.0 Å². The first-order valence-corrected chi connectivity index (χ1v) is 5.53. The smallest absolute Gasteiger partial charge is 0.407 e. The molecule has 0 aromatic carbocycles. The maximum atomic E-state index is 12.0. The van der Waals surface area contributed by atoms with Crippen LogP contribution in [-0.2, 0) is 9.53 Å². The summed E-state index contributed by atoms with van der Waals surface area (Å²) in [6.45, 7) is 6.46. The molecule has 0 rings (SSSR count). The van der Waals surface area contributed by atoms with Gasteiger partial charge in [0.2, 0.25) is 5.91 Å². The number of carbonyl (C=O) groups excluding carboxylic acids is 2. The molecule has 0 aromatic heterocycles. The van der Waals surface area contributed by atoms with Crippen molar-refractivity contribution in [1.82, 2.24) is 10.2 Å². The van der Waals surface area contributed by atoms with E-state index in [9.17, 15) is 9.59 Å². The Hall–Kier alpha value is -1.26. The molecular weight excluding hydrogens is 208 g/mol. The van der Waals surface area contributed by atoms with Crippen LogP contribution in [0.2, 0.25) is 0 Å². The average molecular weight is 230 g/mol. The first-order chi connectivity index (χ1) is 7.43. The van der Waals surface area contributed by atoms with E-state index in [0.29, 0.717) is 6.54 Å². The molecular formula is C11H22N2O3. The van der Waals surface area contributed by atoms with Gasteiger partial charge in [0.1, 0.15) is 6.04 Å². The molecule has 0 fully saturated rings. The van der Waals surface area contributed by atoms with Crippen LogP contribution >= 0.6 is 0 Å². The summed E-state index contributed by atoms with van der Waals surface area (Å²) in [5.41, 5.74) is 0. The molecule has 1 unspecified atom stereocenters. The Labute approximate surface area is 97.1 Å². The normalized spacial score (nSPS) is 12.1. The van der Waals surface area contributed by atoms with Crippen LogP contribution in [0.3, 0.4) is 0 Å². The number of nitrogens with one attached hydrogen (secondary N) is 1. The van der Waals surface area contributed by atoms with Gasteiger partial charge in [-0.2, -0.15) is 0 Å². The number of ether oxygens (including phenoxy) is 1. The standard InChI is InChI=1S/C11H22N2O3/c1-6-7-13(4)10(14)9(8(2)3)12-11(15)16-5/h8-9H,6-7H2,1-5H3,(H,12,15). The number of hydrogen-bond donors (Lipinski definition) is 1. The van der Waals surface area contributed by atoms with Gasteiger partial charge in [-0.15, -0.1) is 0 Å². The molecule has 0 aliphatic carbocycles. The van der Waals surface area contributed by atoms with Crippen LogP contribution in [-0.4, -0.2) is 43.6 Å². The van der Waals surface area contributed by atoms with Crippen LogP contribution in [0, 0.1) is 5.92 Å². The van der Waals surface area contributed by atoms with Crippen LogP contribution in [0.4, 0.5) is 4.79 Å². The zero-order valence-electron chi connectivity index (χ0n) is 10.7. The van der Waals surface area contributed by atoms with E-state index < -0.39 is 12.1 Å². The second-order valence-corrected chi connectivity index (χ2v) is 4.12. The van der Waals surface area contributed by atoms with Crippen LogP contribution in [0.5, 0.6) is 0 Å². The molecule has 1 atom stereocenters. The Morgan fingerprint density at radius 2 is 1.94 bits per heavy atom. The Morgan fingerprint density at radius 3 is 2.31 bits per heavy atom. The summed E-state index contributed by atoms with van der Waals surface area (Å²) in [4.78, 5) is 24.7. The van der Waals surface area contributed by atoms with E-state index in [1.165, 1.54) is 7.11 Å². The van der Waals surface area contributed by atoms with Crippen molar-refractivity contribution in [3.63, 3.8) is 0 Å². The van der Waals surface area contributed by atoms with Crippen molar-refractivity contribution in [2.45, 2.75) is 33.2 Å². The molecule has 0 saturated heterocycles. The molecule has 0 aromatic rings. The van der Waals surface area contributed by atoms with Gasteiger partial charge >= 0.3 is 6.09 Å². The Bertz CT molecular complexity index is 241. The molecule has 5 nitrogen and oxygen atoms in total. The number of carbonyl (C=O) groups is 2. The van der Waals surface area contributed by atoms with Crippen LogP contribution in [0.25, 0.3) is 0 Å². The van der Waals surface area contributed by atoms with E-state index in [-0.39, 0.29) is 11.8 Å².